The fourth-order valence-corrected chi connectivity index (χ4v) is 2.34. The minimum Gasteiger partial charge on any atom is -0.481 e. The van der Waals surface area contributed by atoms with Gasteiger partial charge in [-0.2, -0.15) is 9.97 Å². The molecular weight excluding hydrogens is 322 g/mol. The summed E-state index contributed by atoms with van der Waals surface area (Å²) in [5.74, 6) is 0.439. The van der Waals surface area contributed by atoms with Gasteiger partial charge in [0.2, 0.25) is 17.9 Å². The van der Waals surface area contributed by atoms with Crippen molar-refractivity contribution in [1.29, 1.82) is 0 Å². The van der Waals surface area contributed by atoms with Gasteiger partial charge in [0, 0.05) is 18.7 Å². The monoisotopic (exact) mass is 345 g/mol. The fraction of sp³-hybridized carbons (Fsp3) is 0.389. The van der Waals surface area contributed by atoms with Crippen LogP contribution in [0, 0.1) is 0 Å². The first-order chi connectivity index (χ1) is 12.1. The van der Waals surface area contributed by atoms with Crippen molar-refractivity contribution < 1.29 is 19.0 Å². The minimum absolute atomic E-state index is 0.0190. The number of ether oxygens (including phenoxy) is 3. The van der Waals surface area contributed by atoms with E-state index in [1.54, 1.807) is 4.90 Å². The van der Waals surface area contributed by atoms with Gasteiger partial charge in [-0.05, 0) is 13.8 Å². The first-order valence-electron chi connectivity index (χ1n) is 8.10. The third-order valence-electron chi connectivity index (χ3n) is 3.70. The Balaban J connectivity index is 2.38. The van der Waals surface area contributed by atoms with Gasteiger partial charge in [-0.25, -0.2) is 0 Å². The average Bonchev–Trinajstić information content (AvgIpc) is 2.67. The predicted octanol–water partition coefficient (Wildman–Crippen LogP) is 2.48. The van der Waals surface area contributed by atoms with Crippen LogP contribution in [0.2, 0.25) is 0 Å². The van der Waals surface area contributed by atoms with Gasteiger partial charge in [-0.15, -0.1) is 0 Å². The second kappa shape index (κ2) is 8.86. The van der Waals surface area contributed by atoms with E-state index in [0.29, 0.717) is 24.8 Å². The lowest BCUT2D eigenvalue weighted by atomic mass is 10.1. The number of likely N-dealkylation sites (N-methyl/N-ethyl adjacent to an activating group) is 1. The molecule has 1 aromatic carbocycles. The Morgan fingerprint density at radius 1 is 1.04 bits per heavy atom. The van der Waals surface area contributed by atoms with E-state index in [1.807, 2.05) is 44.2 Å². The number of aromatic nitrogens is 2. The lowest BCUT2D eigenvalue weighted by Gasteiger charge is -2.25. The quantitative estimate of drug-likeness (QED) is 0.732. The summed E-state index contributed by atoms with van der Waals surface area (Å²) in [6.45, 7) is 5.03. The van der Waals surface area contributed by atoms with E-state index >= 15 is 0 Å². The van der Waals surface area contributed by atoms with Crippen molar-refractivity contribution in [2.75, 3.05) is 27.3 Å². The highest BCUT2D eigenvalue weighted by Crippen LogP contribution is 2.25. The molecule has 1 heterocycles. The van der Waals surface area contributed by atoms with Gasteiger partial charge in [0.1, 0.15) is 0 Å². The average molecular weight is 345 g/mol. The van der Waals surface area contributed by atoms with Gasteiger partial charge in [0.05, 0.1) is 20.3 Å². The van der Waals surface area contributed by atoms with Gasteiger partial charge in [-0.3, -0.25) is 4.79 Å². The molecule has 0 aliphatic rings. The Bertz CT molecular complexity index is 668. The summed E-state index contributed by atoms with van der Waals surface area (Å²) >= 11 is 0. The number of nitrogens with zero attached hydrogens (tertiary/aromatic N) is 3. The van der Waals surface area contributed by atoms with E-state index in [0.717, 1.165) is 5.56 Å². The van der Waals surface area contributed by atoms with Crippen LogP contribution < -0.4 is 14.2 Å². The number of hydrogen-bond acceptors (Lipinski definition) is 6. The maximum absolute atomic E-state index is 12.9. The second-order valence-electron chi connectivity index (χ2n) is 5.15. The number of amides is 1. The molecule has 0 radical (unpaired) electrons. The van der Waals surface area contributed by atoms with Crippen LogP contribution in [0.25, 0.3) is 0 Å². The summed E-state index contributed by atoms with van der Waals surface area (Å²) in [7, 11) is 2.97. The van der Waals surface area contributed by atoms with Crippen LogP contribution in [0.5, 0.6) is 17.8 Å². The van der Waals surface area contributed by atoms with E-state index in [-0.39, 0.29) is 11.9 Å². The molecule has 134 valence electrons. The molecule has 0 bridgehead atoms. The van der Waals surface area contributed by atoms with Crippen molar-refractivity contribution in [1.82, 2.24) is 14.9 Å². The highest BCUT2D eigenvalue weighted by molar-refractivity contribution is 5.82. The molecule has 2 rings (SSSR count). The van der Waals surface area contributed by atoms with Gasteiger partial charge in [0.15, 0.2) is 0 Å². The standard InChI is InChI=1S/C18H23N3O4/c1-5-21(6-2)17(22)16(13-10-8-7-9-11-13)25-18-19-14(23-3)12-15(20-18)24-4/h7-12,16H,5-6H2,1-4H3. The maximum Gasteiger partial charge on any atom is 0.324 e. The molecule has 0 N–H and O–H groups in total. The third-order valence-corrected chi connectivity index (χ3v) is 3.70. The molecule has 1 aromatic heterocycles. The van der Waals surface area contributed by atoms with E-state index in [2.05, 4.69) is 9.97 Å². The van der Waals surface area contributed by atoms with E-state index < -0.39 is 6.10 Å². The summed E-state index contributed by atoms with van der Waals surface area (Å²) in [6, 6.07) is 10.8. The van der Waals surface area contributed by atoms with Crippen LogP contribution in [0.1, 0.15) is 25.5 Å². The van der Waals surface area contributed by atoms with Crippen LogP contribution in [0.4, 0.5) is 0 Å². The number of methoxy groups -OCH3 is 2. The molecule has 2 aromatic rings. The molecule has 7 nitrogen and oxygen atoms in total. The minimum atomic E-state index is -0.849. The van der Waals surface area contributed by atoms with Crippen LogP contribution in [0.15, 0.2) is 36.4 Å². The molecule has 0 aliphatic carbocycles. The topological polar surface area (TPSA) is 73.8 Å². The summed E-state index contributed by atoms with van der Waals surface area (Å²) in [4.78, 5) is 22.9. The lowest BCUT2D eigenvalue weighted by Crippen LogP contribution is -2.37. The SMILES string of the molecule is CCN(CC)C(=O)C(Oc1nc(OC)cc(OC)n1)c1ccccc1. The summed E-state index contributed by atoms with van der Waals surface area (Å²) in [6.07, 6.45) is -0.849. The molecule has 1 unspecified atom stereocenters. The molecule has 1 amide bonds. The fourth-order valence-electron chi connectivity index (χ4n) is 2.34. The van der Waals surface area contributed by atoms with Gasteiger partial charge >= 0.3 is 6.01 Å². The molecule has 0 spiro atoms. The van der Waals surface area contributed by atoms with Gasteiger partial charge < -0.3 is 19.1 Å². The highest BCUT2D eigenvalue weighted by atomic mass is 16.5. The molecule has 0 saturated carbocycles. The van der Waals surface area contributed by atoms with Crippen molar-refractivity contribution in [2.24, 2.45) is 0 Å². The van der Waals surface area contributed by atoms with Crippen LogP contribution in [-0.2, 0) is 4.79 Å². The third kappa shape index (κ3) is 4.59. The van der Waals surface area contributed by atoms with E-state index in [4.69, 9.17) is 14.2 Å². The van der Waals surface area contributed by atoms with Crippen LogP contribution in [0.3, 0.4) is 0 Å². The van der Waals surface area contributed by atoms with Crippen molar-refractivity contribution in [2.45, 2.75) is 20.0 Å². The summed E-state index contributed by atoms with van der Waals surface area (Å²) < 4.78 is 16.1. The van der Waals surface area contributed by atoms with Crippen molar-refractivity contribution in [3.63, 3.8) is 0 Å². The van der Waals surface area contributed by atoms with Crippen LogP contribution in [-0.4, -0.2) is 48.1 Å². The molecule has 0 saturated heterocycles. The summed E-state index contributed by atoms with van der Waals surface area (Å²) in [5, 5.41) is 0. The van der Waals surface area contributed by atoms with Gasteiger partial charge in [0.25, 0.3) is 5.91 Å². The Hall–Kier alpha value is -2.83. The van der Waals surface area contributed by atoms with Crippen molar-refractivity contribution >= 4 is 5.91 Å². The Kier molecular flexibility index (Phi) is 6.56. The smallest absolute Gasteiger partial charge is 0.324 e. The largest absolute Gasteiger partial charge is 0.481 e. The normalized spacial score (nSPS) is 11.5. The number of rotatable bonds is 8. The second-order valence-corrected chi connectivity index (χ2v) is 5.15. The molecule has 7 heteroatoms. The number of benzene rings is 1. The Labute approximate surface area is 147 Å². The lowest BCUT2D eigenvalue weighted by molar-refractivity contribution is -0.139. The zero-order valence-electron chi connectivity index (χ0n) is 14.9. The van der Waals surface area contributed by atoms with Gasteiger partial charge in [-0.1, -0.05) is 30.3 Å². The van der Waals surface area contributed by atoms with E-state index in [1.165, 1.54) is 20.3 Å². The number of carbonyl (C=O) groups is 1. The maximum atomic E-state index is 12.9. The van der Waals surface area contributed by atoms with Crippen molar-refractivity contribution in [3.05, 3.63) is 42.0 Å². The first kappa shape index (κ1) is 18.5. The predicted molar refractivity (Wildman–Crippen MR) is 92.9 cm³/mol. The molecular formula is C18H23N3O4. The molecule has 0 fully saturated rings. The summed E-state index contributed by atoms with van der Waals surface area (Å²) in [5.41, 5.74) is 0.727. The first-order valence-corrected chi connectivity index (χ1v) is 8.10. The molecule has 25 heavy (non-hydrogen) atoms. The number of hydrogen-bond donors (Lipinski definition) is 0. The van der Waals surface area contributed by atoms with E-state index in [9.17, 15) is 4.79 Å². The highest BCUT2D eigenvalue weighted by Gasteiger charge is 2.27. The van der Waals surface area contributed by atoms with Crippen molar-refractivity contribution in [3.8, 4) is 17.8 Å². The number of carbonyl (C=O) groups excluding carboxylic acids is 1. The zero-order chi connectivity index (χ0) is 18.2. The Morgan fingerprint density at radius 2 is 1.60 bits per heavy atom. The molecule has 0 aliphatic heterocycles. The Morgan fingerprint density at radius 3 is 2.08 bits per heavy atom. The van der Waals surface area contributed by atoms with Crippen LogP contribution >= 0.6 is 0 Å². The molecule has 1 atom stereocenters. The zero-order valence-corrected chi connectivity index (χ0v) is 14.9.